The Balaban J connectivity index is 1.68. The van der Waals surface area contributed by atoms with Gasteiger partial charge in [-0.05, 0) is 18.9 Å². The Kier molecular flexibility index (Phi) is 3.12. The lowest BCUT2D eigenvalue weighted by Crippen LogP contribution is -2.20. The van der Waals surface area contributed by atoms with Gasteiger partial charge in [-0.15, -0.1) is 5.10 Å². The summed E-state index contributed by atoms with van der Waals surface area (Å²) in [5, 5.41) is 11.6. The number of pyridine rings is 1. The summed E-state index contributed by atoms with van der Waals surface area (Å²) in [7, 11) is 0. The van der Waals surface area contributed by atoms with Gasteiger partial charge < -0.3 is 0 Å². The Morgan fingerprint density at radius 2 is 2.04 bits per heavy atom. The average Bonchev–Trinajstić information content (AvgIpc) is 3.32. The normalized spacial score (nSPS) is 16.0. The highest BCUT2D eigenvalue weighted by Crippen LogP contribution is 2.31. The lowest BCUT2D eigenvalue weighted by molar-refractivity contribution is 0.429. The number of nitrogens with zero attached hydrogens (tertiary/aromatic N) is 7. The molecule has 0 atom stereocenters. The molecule has 1 saturated carbocycles. The third-order valence-corrected chi connectivity index (χ3v) is 4.85. The van der Waals surface area contributed by atoms with Crippen LogP contribution >= 0.6 is 0 Å². The molecule has 1 aliphatic carbocycles. The first kappa shape index (κ1) is 14.3. The minimum absolute atomic E-state index is 0.224. The van der Waals surface area contributed by atoms with Gasteiger partial charge in [-0.3, -0.25) is 9.36 Å². The average molecular weight is 336 g/mol. The van der Waals surface area contributed by atoms with E-state index in [4.69, 9.17) is 0 Å². The smallest absolute Gasteiger partial charge is 0.268 e. The number of hydrogen-bond donors (Lipinski definition) is 1. The first-order valence-corrected chi connectivity index (χ1v) is 8.44. The molecule has 5 rings (SSSR count). The highest BCUT2D eigenvalue weighted by Gasteiger charge is 2.21. The molecule has 4 aromatic heterocycles. The van der Waals surface area contributed by atoms with Gasteiger partial charge in [0.1, 0.15) is 6.33 Å². The molecular weight excluding hydrogens is 320 g/mol. The maximum atomic E-state index is 12.8. The maximum absolute atomic E-state index is 12.8. The van der Waals surface area contributed by atoms with E-state index in [1.165, 1.54) is 30.2 Å². The quantitative estimate of drug-likeness (QED) is 0.596. The van der Waals surface area contributed by atoms with Crippen molar-refractivity contribution < 1.29 is 0 Å². The van der Waals surface area contributed by atoms with Gasteiger partial charge in [-0.1, -0.05) is 19.3 Å². The van der Waals surface area contributed by atoms with E-state index in [0.717, 1.165) is 18.7 Å². The molecule has 4 heterocycles. The largest absolute Gasteiger partial charge is 0.268 e. The Hall–Kier alpha value is -3.10. The molecule has 9 nitrogen and oxygen atoms in total. The summed E-state index contributed by atoms with van der Waals surface area (Å²) < 4.78 is 3.08. The van der Waals surface area contributed by atoms with Crippen molar-refractivity contribution in [1.82, 2.24) is 39.3 Å². The molecule has 0 aromatic carbocycles. The molecule has 0 amide bonds. The van der Waals surface area contributed by atoms with E-state index in [2.05, 4.69) is 30.2 Å². The standard InChI is InChI=1S/C16H16N8O/c25-14-11-8-17-15-20-13(10-4-2-1-3-5-10)22-24(15)12(11)6-7-23(14)16-18-9-19-21-16/h6-10H,1-5H2,(H,18,19,21). The highest BCUT2D eigenvalue weighted by atomic mass is 16.1. The summed E-state index contributed by atoms with van der Waals surface area (Å²) in [6.45, 7) is 0. The summed E-state index contributed by atoms with van der Waals surface area (Å²) in [5.41, 5.74) is 0.471. The van der Waals surface area contributed by atoms with Crippen molar-refractivity contribution in [1.29, 1.82) is 0 Å². The Labute approximate surface area is 141 Å². The van der Waals surface area contributed by atoms with E-state index in [1.54, 1.807) is 16.9 Å². The van der Waals surface area contributed by atoms with Crippen LogP contribution < -0.4 is 5.56 Å². The van der Waals surface area contributed by atoms with Gasteiger partial charge in [0.25, 0.3) is 11.3 Å². The SMILES string of the molecule is O=c1c2cnc3nc(C4CCCCC4)nn3c2ccn1-c1ncn[nH]1. The van der Waals surface area contributed by atoms with Gasteiger partial charge >= 0.3 is 0 Å². The lowest BCUT2D eigenvalue weighted by atomic mass is 9.89. The predicted octanol–water partition coefficient (Wildman–Crippen LogP) is 1.59. The molecule has 1 aliphatic rings. The minimum atomic E-state index is -0.224. The van der Waals surface area contributed by atoms with Crippen LogP contribution in [-0.4, -0.2) is 39.3 Å². The van der Waals surface area contributed by atoms with Gasteiger partial charge in [0, 0.05) is 18.3 Å². The number of aromatic amines is 1. The van der Waals surface area contributed by atoms with Crippen molar-refractivity contribution in [2.75, 3.05) is 0 Å². The number of nitrogens with one attached hydrogen (secondary N) is 1. The molecule has 25 heavy (non-hydrogen) atoms. The fourth-order valence-corrected chi connectivity index (χ4v) is 3.55. The van der Waals surface area contributed by atoms with E-state index in [0.29, 0.717) is 28.5 Å². The molecule has 0 aliphatic heterocycles. The molecule has 0 saturated heterocycles. The Bertz CT molecular complexity index is 1100. The molecule has 9 heteroatoms. The fraction of sp³-hybridized carbons (Fsp3) is 0.375. The minimum Gasteiger partial charge on any atom is -0.268 e. The maximum Gasteiger partial charge on any atom is 0.268 e. The fourth-order valence-electron chi connectivity index (χ4n) is 3.55. The lowest BCUT2D eigenvalue weighted by Gasteiger charge is -2.17. The summed E-state index contributed by atoms with van der Waals surface area (Å²) in [6.07, 6.45) is 10.5. The zero-order chi connectivity index (χ0) is 16.8. The first-order valence-electron chi connectivity index (χ1n) is 8.44. The van der Waals surface area contributed by atoms with Gasteiger partial charge in [-0.25, -0.2) is 10.1 Å². The second kappa shape index (κ2) is 5.47. The molecule has 4 aromatic rings. The number of fused-ring (bicyclic) bond motifs is 3. The number of hydrogen-bond acceptors (Lipinski definition) is 6. The molecule has 0 bridgehead atoms. The summed E-state index contributed by atoms with van der Waals surface area (Å²) in [6, 6.07) is 1.83. The molecular formula is C16H16N8O. The van der Waals surface area contributed by atoms with E-state index in [-0.39, 0.29) is 5.56 Å². The Morgan fingerprint density at radius 1 is 1.16 bits per heavy atom. The summed E-state index contributed by atoms with van der Waals surface area (Å²) in [5.74, 6) is 2.12. The van der Waals surface area contributed by atoms with Gasteiger partial charge in [-0.2, -0.15) is 19.6 Å². The summed E-state index contributed by atoms with van der Waals surface area (Å²) in [4.78, 5) is 25.7. The van der Waals surface area contributed by atoms with E-state index >= 15 is 0 Å². The second-order valence-corrected chi connectivity index (χ2v) is 6.37. The number of H-pyrrole nitrogens is 1. The number of aromatic nitrogens is 8. The van der Waals surface area contributed by atoms with Crippen molar-refractivity contribution in [3.63, 3.8) is 0 Å². The van der Waals surface area contributed by atoms with Crippen molar-refractivity contribution in [3.8, 4) is 5.95 Å². The zero-order valence-electron chi connectivity index (χ0n) is 13.5. The van der Waals surface area contributed by atoms with Crippen LogP contribution in [0.5, 0.6) is 0 Å². The summed E-state index contributed by atoms with van der Waals surface area (Å²) >= 11 is 0. The third kappa shape index (κ3) is 2.23. The third-order valence-electron chi connectivity index (χ3n) is 4.85. The highest BCUT2D eigenvalue weighted by molar-refractivity contribution is 5.78. The molecule has 1 N–H and O–H groups in total. The molecule has 126 valence electrons. The topological polar surface area (TPSA) is 107 Å². The van der Waals surface area contributed by atoms with E-state index < -0.39 is 0 Å². The van der Waals surface area contributed by atoms with Crippen molar-refractivity contribution in [2.45, 2.75) is 38.0 Å². The molecule has 1 fully saturated rings. The van der Waals surface area contributed by atoms with Crippen LogP contribution in [-0.2, 0) is 0 Å². The van der Waals surface area contributed by atoms with Crippen LogP contribution in [0.25, 0.3) is 22.6 Å². The molecule has 0 radical (unpaired) electrons. The van der Waals surface area contributed by atoms with Crippen LogP contribution in [0.15, 0.2) is 29.6 Å². The van der Waals surface area contributed by atoms with Crippen molar-refractivity contribution >= 4 is 16.7 Å². The van der Waals surface area contributed by atoms with Gasteiger partial charge in [0.15, 0.2) is 5.82 Å². The van der Waals surface area contributed by atoms with Gasteiger partial charge in [0.05, 0.1) is 10.9 Å². The van der Waals surface area contributed by atoms with Crippen LogP contribution in [0.1, 0.15) is 43.8 Å². The van der Waals surface area contributed by atoms with Crippen molar-refractivity contribution in [3.05, 3.63) is 41.0 Å². The van der Waals surface area contributed by atoms with Crippen LogP contribution in [0.2, 0.25) is 0 Å². The molecule has 0 unspecified atom stereocenters. The Morgan fingerprint density at radius 3 is 2.84 bits per heavy atom. The number of rotatable bonds is 2. The van der Waals surface area contributed by atoms with Gasteiger partial charge in [0.2, 0.25) is 5.95 Å². The predicted molar refractivity (Wildman–Crippen MR) is 89.7 cm³/mol. The second-order valence-electron chi connectivity index (χ2n) is 6.37. The van der Waals surface area contributed by atoms with E-state index in [9.17, 15) is 4.79 Å². The first-order chi connectivity index (χ1) is 12.3. The molecule has 0 spiro atoms. The van der Waals surface area contributed by atoms with Crippen LogP contribution in [0, 0.1) is 0 Å². The monoisotopic (exact) mass is 336 g/mol. The zero-order valence-corrected chi connectivity index (χ0v) is 13.5. The van der Waals surface area contributed by atoms with E-state index in [1.807, 2.05) is 6.07 Å². The van der Waals surface area contributed by atoms with Crippen LogP contribution in [0.4, 0.5) is 0 Å². The van der Waals surface area contributed by atoms with Crippen LogP contribution in [0.3, 0.4) is 0 Å². The van der Waals surface area contributed by atoms with Crippen molar-refractivity contribution in [2.24, 2.45) is 0 Å².